The Morgan fingerprint density at radius 2 is 2.25 bits per heavy atom. The second kappa shape index (κ2) is 2.67. The summed E-state index contributed by atoms with van der Waals surface area (Å²) in [6.07, 6.45) is 3.17. The molecule has 0 aromatic heterocycles. The predicted molar refractivity (Wildman–Crippen MR) is 53.6 cm³/mol. The topological polar surface area (TPSA) is 49.4 Å². The lowest BCUT2D eigenvalue weighted by atomic mass is 10.1. The lowest BCUT2D eigenvalue weighted by molar-refractivity contribution is 1.21. The van der Waals surface area contributed by atoms with Gasteiger partial charge in [0.2, 0.25) is 0 Å². The second-order valence-electron chi connectivity index (χ2n) is 2.48. The zero-order valence-electron chi connectivity index (χ0n) is 6.43. The van der Waals surface area contributed by atoms with E-state index in [9.17, 15) is 0 Å². The van der Waals surface area contributed by atoms with Crippen LogP contribution in [0.5, 0.6) is 0 Å². The van der Waals surface area contributed by atoms with Gasteiger partial charge in [-0.1, -0.05) is 12.2 Å². The molecule has 1 atom stereocenters. The number of aliphatic imine (C=N–C) groups is 4. The van der Waals surface area contributed by atoms with E-state index in [0.29, 0.717) is 16.7 Å². The normalized spacial score (nSPS) is 26.4. The van der Waals surface area contributed by atoms with Gasteiger partial charge >= 0.3 is 0 Å². The fraction of sp³-hybridized carbons (Fsp3) is 0.286. The third kappa shape index (κ3) is 1.12. The van der Waals surface area contributed by atoms with E-state index in [4.69, 9.17) is 12.2 Å². The van der Waals surface area contributed by atoms with Gasteiger partial charge in [0, 0.05) is 6.21 Å². The van der Waals surface area contributed by atoms with Crippen molar-refractivity contribution >= 4 is 41.4 Å². The minimum Gasteiger partial charge on any atom is -0.245 e. The first kappa shape index (κ1) is 7.42. The van der Waals surface area contributed by atoms with Gasteiger partial charge in [-0.2, -0.15) is 0 Å². The Balaban J connectivity index is 2.43. The van der Waals surface area contributed by atoms with Crippen LogP contribution in [0.15, 0.2) is 20.0 Å². The Hall–Kier alpha value is -1.23. The Kier molecular flexibility index (Phi) is 1.65. The molecule has 2 heterocycles. The summed E-state index contributed by atoms with van der Waals surface area (Å²) in [7, 11) is 0. The maximum absolute atomic E-state index is 5.00. The molecule has 0 amide bonds. The van der Waals surface area contributed by atoms with E-state index >= 15 is 0 Å². The first-order valence-corrected chi connectivity index (χ1v) is 3.92. The van der Waals surface area contributed by atoms with E-state index in [2.05, 4.69) is 20.0 Å². The molecule has 0 spiro atoms. The van der Waals surface area contributed by atoms with Crippen LogP contribution < -0.4 is 0 Å². The van der Waals surface area contributed by atoms with Crippen molar-refractivity contribution in [2.45, 2.75) is 6.92 Å². The van der Waals surface area contributed by atoms with Crippen LogP contribution in [0.3, 0.4) is 0 Å². The molecule has 60 valence electrons. The Labute approximate surface area is 74.9 Å². The second-order valence-corrected chi connectivity index (χ2v) is 2.90. The molecular formula is C7H6N4S. The van der Waals surface area contributed by atoms with Gasteiger partial charge in [0.15, 0.2) is 0 Å². The van der Waals surface area contributed by atoms with E-state index in [1.165, 1.54) is 6.34 Å². The fourth-order valence-electron chi connectivity index (χ4n) is 1.02. The molecule has 0 N–H and O–H groups in total. The van der Waals surface area contributed by atoms with Crippen molar-refractivity contribution in [3.8, 4) is 0 Å². The monoisotopic (exact) mass is 178 g/mol. The Bertz CT molecular complexity index is 350. The maximum Gasteiger partial charge on any atom is 0.147 e. The summed E-state index contributed by atoms with van der Waals surface area (Å²) >= 11 is 5.00. The summed E-state index contributed by atoms with van der Waals surface area (Å²) in [6, 6.07) is 0. The van der Waals surface area contributed by atoms with Gasteiger partial charge in [-0.3, -0.25) is 0 Å². The molecule has 12 heavy (non-hydrogen) atoms. The van der Waals surface area contributed by atoms with Crippen molar-refractivity contribution < 1.29 is 0 Å². The van der Waals surface area contributed by atoms with Gasteiger partial charge in [-0.05, 0) is 6.92 Å². The van der Waals surface area contributed by atoms with Crippen LogP contribution >= 0.6 is 12.2 Å². The highest BCUT2D eigenvalue weighted by molar-refractivity contribution is 7.80. The van der Waals surface area contributed by atoms with E-state index in [-0.39, 0.29) is 5.92 Å². The molecular weight excluding hydrogens is 172 g/mol. The summed E-state index contributed by atoms with van der Waals surface area (Å²) in [5, 5.41) is 0. The zero-order chi connectivity index (χ0) is 8.55. The van der Waals surface area contributed by atoms with E-state index in [1.54, 1.807) is 6.21 Å². The lowest BCUT2D eigenvalue weighted by Gasteiger charge is -2.15. The van der Waals surface area contributed by atoms with Gasteiger partial charge in [-0.15, -0.1) is 0 Å². The molecule has 0 bridgehead atoms. The molecule has 0 fully saturated rings. The average molecular weight is 178 g/mol. The van der Waals surface area contributed by atoms with Gasteiger partial charge in [0.1, 0.15) is 28.9 Å². The van der Waals surface area contributed by atoms with E-state index < -0.39 is 0 Å². The number of amidine groups is 2. The van der Waals surface area contributed by atoms with Crippen LogP contribution in [0.25, 0.3) is 0 Å². The van der Waals surface area contributed by atoms with Crippen LogP contribution in [0.2, 0.25) is 0 Å². The minimum atomic E-state index is -0.0892. The molecule has 5 heteroatoms. The van der Waals surface area contributed by atoms with Crippen molar-refractivity contribution in [1.29, 1.82) is 0 Å². The summed E-state index contributed by atoms with van der Waals surface area (Å²) in [5.41, 5.74) is 0. The number of fused-ring (bicyclic) bond motifs is 1. The number of hydrogen-bond donors (Lipinski definition) is 0. The highest BCUT2D eigenvalue weighted by Gasteiger charge is 2.23. The van der Waals surface area contributed by atoms with Crippen LogP contribution in [0.1, 0.15) is 6.92 Å². The molecule has 1 unspecified atom stereocenters. The van der Waals surface area contributed by atoms with Crippen molar-refractivity contribution in [3.63, 3.8) is 0 Å². The smallest absolute Gasteiger partial charge is 0.147 e. The van der Waals surface area contributed by atoms with Crippen molar-refractivity contribution in [2.75, 3.05) is 0 Å². The Morgan fingerprint density at radius 1 is 1.42 bits per heavy atom. The molecule has 2 rings (SSSR count). The van der Waals surface area contributed by atoms with Crippen LogP contribution in [-0.2, 0) is 0 Å². The number of nitrogens with zero attached hydrogens (tertiary/aromatic N) is 4. The molecule has 0 aromatic rings. The van der Waals surface area contributed by atoms with Gasteiger partial charge in [0.25, 0.3) is 0 Å². The van der Waals surface area contributed by atoms with Crippen molar-refractivity contribution in [3.05, 3.63) is 0 Å². The van der Waals surface area contributed by atoms with Crippen LogP contribution in [-0.4, -0.2) is 29.2 Å². The quantitative estimate of drug-likeness (QED) is 0.508. The predicted octanol–water partition coefficient (Wildman–Crippen LogP) is 0.873. The first-order valence-electron chi connectivity index (χ1n) is 3.51. The third-order valence-corrected chi connectivity index (χ3v) is 1.97. The largest absolute Gasteiger partial charge is 0.245 e. The fourth-order valence-corrected chi connectivity index (χ4v) is 1.24. The van der Waals surface area contributed by atoms with Crippen molar-refractivity contribution in [1.82, 2.24) is 0 Å². The third-order valence-electron chi connectivity index (χ3n) is 1.61. The first-order chi connectivity index (χ1) is 5.77. The average Bonchev–Trinajstić information content (AvgIpc) is 2.04. The Morgan fingerprint density at radius 3 is 3.08 bits per heavy atom. The summed E-state index contributed by atoms with van der Waals surface area (Å²) < 4.78 is 0. The van der Waals surface area contributed by atoms with Crippen molar-refractivity contribution in [2.24, 2.45) is 25.9 Å². The lowest BCUT2D eigenvalue weighted by Crippen LogP contribution is -2.28. The summed E-state index contributed by atoms with van der Waals surface area (Å²) in [6.45, 7) is 1.82. The van der Waals surface area contributed by atoms with Crippen LogP contribution in [0, 0.1) is 5.92 Å². The summed E-state index contributed by atoms with van der Waals surface area (Å²) in [4.78, 5) is 16.7. The van der Waals surface area contributed by atoms with E-state index in [1.807, 2.05) is 6.92 Å². The maximum atomic E-state index is 5.00. The summed E-state index contributed by atoms with van der Waals surface area (Å²) in [5.74, 6) is 1.32. The van der Waals surface area contributed by atoms with Gasteiger partial charge < -0.3 is 0 Å². The highest BCUT2D eigenvalue weighted by Crippen LogP contribution is 2.11. The number of thiocarbonyl (C=S) groups is 1. The van der Waals surface area contributed by atoms with Gasteiger partial charge in [-0.25, -0.2) is 20.0 Å². The molecule has 0 saturated heterocycles. The molecule has 2 aliphatic heterocycles. The van der Waals surface area contributed by atoms with Crippen LogP contribution in [0.4, 0.5) is 0 Å². The highest BCUT2D eigenvalue weighted by atomic mass is 32.1. The van der Waals surface area contributed by atoms with Gasteiger partial charge in [0.05, 0.1) is 0 Å². The zero-order valence-corrected chi connectivity index (χ0v) is 7.25. The molecule has 0 radical (unpaired) electrons. The van der Waals surface area contributed by atoms with E-state index in [0.717, 1.165) is 0 Å². The molecule has 0 aromatic carbocycles. The molecule has 0 saturated carbocycles. The molecule has 2 aliphatic rings. The minimum absolute atomic E-state index is 0.0892. The molecule has 0 aliphatic carbocycles. The number of hydrogen-bond acceptors (Lipinski definition) is 4. The molecule has 4 nitrogen and oxygen atoms in total. The standard InChI is InChI=1S/C7H6N4S/c1-4-8-2-5-6(11-4)9-3-10-7(5)12/h2-3,5H,1H3. The SMILES string of the molecule is CC1=NC2=NC=NC(=S)C2C=N1. The number of rotatable bonds is 0.